The van der Waals surface area contributed by atoms with Crippen LogP contribution in [-0.4, -0.2) is 18.0 Å². The van der Waals surface area contributed by atoms with E-state index < -0.39 is 14.3 Å². The van der Waals surface area contributed by atoms with Crippen LogP contribution in [0.25, 0.3) is 0 Å². The van der Waals surface area contributed by atoms with Crippen molar-refractivity contribution in [3.05, 3.63) is 89.0 Å². The molecule has 43 heavy (non-hydrogen) atoms. The summed E-state index contributed by atoms with van der Waals surface area (Å²) in [6.07, 6.45) is 2.91. The minimum Gasteiger partial charge on any atom is -0.318 e. The molecule has 3 aromatic rings. The molecule has 4 heteroatoms. The predicted molar refractivity (Wildman–Crippen MR) is 191 cm³/mol. The largest absolute Gasteiger partial charge is 0.318 e. The van der Waals surface area contributed by atoms with Crippen molar-refractivity contribution in [2.75, 3.05) is 12.3 Å². The Morgan fingerprint density at radius 3 is 1.35 bits per heavy atom. The van der Waals surface area contributed by atoms with Crippen LogP contribution in [0.15, 0.2) is 66.7 Å². The quantitative estimate of drug-likeness (QED) is 0.267. The van der Waals surface area contributed by atoms with Crippen molar-refractivity contribution in [2.24, 2.45) is 0 Å². The van der Waals surface area contributed by atoms with Crippen LogP contribution in [0.3, 0.4) is 0 Å². The van der Waals surface area contributed by atoms with E-state index in [0.717, 1.165) is 28.8 Å². The van der Waals surface area contributed by atoms with Crippen LogP contribution in [0.4, 0.5) is 0 Å². The van der Waals surface area contributed by atoms with Crippen molar-refractivity contribution in [3.8, 4) is 0 Å². The van der Waals surface area contributed by atoms with Gasteiger partial charge < -0.3 is 9.13 Å². The van der Waals surface area contributed by atoms with Crippen molar-refractivity contribution < 1.29 is 9.13 Å². The molecule has 1 fully saturated rings. The molecule has 1 heterocycles. The Hall–Kier alpha value is -1.88. The molecule has 2 unspecified atom stereocenters. The average Bonchev–Trinajstić information content (AvgIpc) is 3.27. The molecule has 4 rings (SSSR count). The molecule has 0 radical (unpaired) electrons. The second-order valence-corrected chi connectivity index (χ2v) is 23.3. The van der Waals surface area contributed by atoms with Crippen LogP contribution in [0.5, 0.6) is 0 Å². The van der Waals surface area contributed by atoms with E-state index in [1.165, 1.54) is 22.3 Å². The summed E-state index contributed by atoms with van der Waals surface area (Å²) in [4.78, 5) is 0. The van der Waals surface area contributed by atoms with E-state index in [1.54, 1.807) is 0 Å². The van der Waals surface area contributed by atoms with Gasteiger partial charge in [-0.1, -0.05) is 126 Å². The van der Waals surface area contributed by atoms with Gasteiger partial charge >= 0.3 is 0 Å². The van der Waals surface area contributed by atoms with Crippen molar-refractivity contribution in [3.63, 3.8) is 0 Å². The molecule has 1 aliphatic heterocycles. The van der Waals surface area contributed by atoms with E-state index in [4.69, 9.17) is 0 Å². The summed E-state index contributed by atoms with van der Waals surface area (Å²) in [5, 5.41) is 2.78. The fourth-order valence-corrected chi connectivity index (χ4v) is 13.8. The third kappa shape index (κ3) is 7.18. The van der Waals surface area contributed by atoms with Gasteiger partial charge in [0, 0.05) is 33.9 Å². The lowest BCUT2D eigenvalue weighted by atomic mass is 9.81. The Labute approximate surface area is 263 Å². The topological polar surface area (TPSA) is 34.1 Å². The van der Waals surface area contributed by atoms with Crippen molar-refractivity contribution in [1.29, 1.82) is 0 Å². The van der Waals surface area contributed by atoms with E-state index >= 15 is 4.57 Å². The van der Waals surface area contributed by atoms with E-state index in [9.17, 15) is 4.57 Å². The third-order valence-corrected chi connectivity index (χ3v) is 16.6. The zero-order chi connectivity index (χ0) is 32.2. The molecule has 234 valence electrons. The van der Waals surface area contributed by atoms with Gasteiger partial charge in [0.15, 0.2) is 0 Å². The number of benzene rings is 3. The van der Waals surface area contributed by atoms with Gasteiger partial charge in [-0.15, -0.1) is 0 Å². The molecule has 0 bridgehead atoms. The summed E-state index contributed by atoms with van der Waals surface area (Å²) in [5.74, 6) is 0. The molecule has 0 saturated carbocycles. The number of hydrogen-bond donors (Lipinski definition) is 0. The average molecular weight is 619 g/mol. The van der Waals surface area contributed by atoms with Crippen LogP contribution in [-0.2, 0) is 30.8 Å². The lowest BCUT2D eigenvalue weighted by Crippen LogP contribution is -2.30. The van der Waals surface area contributed by atoms with Gasteiger partial charge in [0.2, 0.25) is 0 Å². The highest BCUT2D eigenvalue weighted by atomic mass is 31.2. The summed E-state index contributed by atoms with van der Waals surface area (Å²) in [6, 6.07) is 23.5. The Bertz CT molecular complexity index is 1410. The first-order valence-corrected chi connectivity index (χ1v) is 20.0. The first kappa shape index (κ1) is 34.0. The fraction of sp³-hybridized carbons (Fsp3) is 0.538. The van der Waals surface area contributed by atoms with Crippen LogP contribution < -0.4 is 15.9 Å². The molecule has 0 aromatic heterocycles. The van der Waals surface area contributed by atoms with Crippen molar-refractivity contribution in [1.82, 2.24) is 0 Å². The van der Waals surface area contributed by atoms with Gasteiger partial charge in [0.25, 0.3) is 0 Å². The highest BCUT2D eigenvalue weighted by molar-refractivity contribution is 7.80. The molecule has 1 saturated heterocycles. The molecule has 2 nitrogen and oxygen atoms in total. The normalized spacial score (nSPS) is 20.4. The standard InChI is InChI=1S/C39H56O2P2/c1-36(2,3)28-21-29(37(4,5)6)24-34(23-28)43(41,27-33-19-16-20-42(33,40)32-17-14-13-15-18-32)35-25-30(38(7,8)9)22-31(26-35)39(10,11)12/h13-15,17-18,21-26,33H,16,19-20,27H2,1-12H3. The van der Waals surface area contributed by atoms with E-state index in [2.05, 4.69) is 119 Å². The van der Waals surface area contributed by atoms with Gasteiger partial charge in [-0.3, -0.25) is 0 Å². The zero-order valence-electron chi connectivity index (χ0n) is 29.0. The Morgan fingerprint density at radius 1 is 0.628 bits per heavy atom. The summed E-state index contributed by atoms with van der Waals surface area (Å²) in [5.41, 5.74) is 4.32. The summed E-state index contributed by atoms with van der Waals surface area (Å²) in [6.45, 7) is 26.9. The first-order valence-electron chi connectivity index (χ1n) is 16.1. The highest BCUT2D eigenvalue weighted by Crippen LogP contribution is 2.62. The summed E-state index contributed by atoms with van der Waals surface area (Å²) < 4.78 is 31.2. The molecule has 0 amide bonds. The van der Waals surface area contributed by atoms with Crippen molar-refractivity contribution in [2.45, 2.75) is 123 Å². The monoisotopic (exact) mass is 618 g/mol. The number of hydrogen-bond acceptors (Lipinski definition) is 2. The molecule has 3 aromatic carbocycles. The maximum atomic E-state index is 16.3. The molecule has 1 aliphatic rings. The van der Waals surface area contributed by atoms with Crippen LogP contribution in [0.1, 0.15) is 118 Å². The van der Waals surface area contributed by atoms with E-state index in [1.807, 2.05) is 30.3 Å². The Morgan fingerprint density at radius 2 is 1.00 bits per heavy atom. The van der Waals surface area contributed by atoms with E-state index in [-0.39, 0.29) is 27.3 Å². The highest BCUT2D eigenvalue weighted by Gasteiger charge is 2.45. The Kier molecular flexibility index (Phi) is 9.08. The summed E-state index contributed by atoms with van der Waals surface area (Å²) >= 11 is 0. The third-order valence-electron chi connectivity index (χ3n) is 9.41. The second kappa shape index (κ2) is 11.5. The second-order valence-electron chi connectivity index (χ2n) is 17.1. The number of rotatable bonds is 5. The fourth-order valence-electron chi connectivity index (χ4n) is 6.22. The smallest absolute Gasteiger partial charge is 0.144 e. The summed E-state index contributed by atoms with van der Waals surface area (Å²) in [7, 11) is -5.95. The lowest BCUT2D eigenvalue weighted by Gasteiger charge is -2.33. The molecular weight excluding hydrogens is 562 g/mol. The van der Waals surface area contributed by atoms with Gasteiger partial charge in [-0.2, -0.15) is 0 Å². The van der Waals surface area contributed by atoms with Crippen LogP contribution in [0.2, 0.25) is 0 Å². The van der Waals surface area contributed by atoms with Gasteiger partial charge in [-0.05, 0) is 81.0 Å². The predicted octanol–water partition coefficient (Wildman–Crippen LogP) is 10.0. The maximum absolute atomic E-state index is 16.3. The van der Waals surface area contributed by atoms with Gasteiger partial charge in [-0.25, -0.2) is 0 Å². The molecule has 0 aliphatic carbocycles. The molecule has 0 spiro atoms. The zero-order valence-corrected chi connectivity index (χ0v) is 30.8. The molecule has 2 atom stereocenters. The minimum absolute atomic E-state index is 0.0998. The van der Waals surface area contributed by atoms with Crippen LogP contribution >= 0.6 is 14.3 Å². The van der Waals surface area contributed by atoms with Gasteiger partial charge in [0.1, 0.15) is 14.3 Å². The lowest BCUT2D eigenvalue weighted by molar-refractivity contribution is 0.566. The molecule has 0 N–H and O–H groups in total. The Balaban J connectivity index is 2.06. The maximum Gasteiger partial charge on any atom is 0.144 e. The van der Waals surface area contributed by atoms with Gasteiger partial charge in [0.05, 0.1) is 0 Å². The van der Waals surface area contributed by atoms with E-state index in [0.29, 0.717) is 12.3 Å². The van der Waals surface area contributed by atoms with Crippen molar-refractivity contribution >= 4 is 30.2 Å². The SMILES string of the molecule is CC(C)(C)c1cc(C(C)(C)C)cc(P(=O)(CC2CCCP2(=O)c2ccccc2)c2cc(C(C)(C)C)cc(C(C)(C)C)c2)c1. The minimum atomic E-state index is -3.23. The molecular formula is C39H56O2P2. The first-order chi connectivity index (χ1) is 19.5. The van der Waals surface area contributed by atoms with Crippen LogP contribution in [0, 0.1) is 0 Å².